The molecular weight excluding hydrogens is 234 g/mol. The van der Waals surface area contributed by atoms with Crippen molar-refractivity contribution in [2.24, 2.45) is 5.73 Å². The van der Waals surface area contributed by atoms with Crippen LogP contribution in [0.4, 0.5) is 0 Å². The molecule has 0 heterocycles. The molecule has 0 aliphatic heterocycles. The van der Waals surface area contributed by atoms with Crippen LogP contribution < -0.4 is 5.73 Å². The molecule has 0 saturated heterocycles. The zero-order valence-electron chi connectivity index (χ0n) is 10.4. The highest BCUT2D eigenvalue weighted by Gasteiger charge is 2.27. The molecule has 5 heteroatoms. The monoisotopic (exact) mass is 251 g/mol. The van der Waals surface area contributed by atoms with Gasteiger partial charge in [-0.05, 0) is 19.4 Å². The third-order valence-electron chi connectivity index (χ3n) is 2.54. The van der Waals surface area contributed by atoms with Gasteiger partial charge in [0, 0.05) is 0 Å². The molecule has 1 atom stereocenters. The predicted octanol–water partition coefficient (Wildman–Crippen LogP) is 1.27. The van der Waals surface area contributed by atoms with Gasteiger partial charge < -0.3 is 15.6 Å². The van der Waals surface area contributed by atoms with Gasteiger partial charge in [0.1, 0.15) is 11.6 Å². The minimum absolute atomic E-state index is 0.342. The molecule has 0 radical (unpaired) electrons. The van der Waals surface area contributed by atoms with Crippen LogP contribution in [0.25, 0.3) is 0 Å². The lowest BCUT2D eigenvalue weighted by atomic mass is 9.98. The molecule has 0 aromatic heterocycles. The number of ether oxygens (including phenoxy) is 1. The van der Waals surface area contributed by atoms with Gasteiger partial charge in [-0.2, -0.15) is 0 Å². The van der Waals surface area contributed by atoms with Crippen molar-refractivity contribution in [3.8, 4) is 0 Å². The Bertz CT molecular complexity index is 428. The highest BCUT2D eigenvalue weighted by Crippen LogP contribution is 2.24. The van der Waals surface area contributed by atoms with Crippen molar-refractivity contribution in [3.05, 3.63) is 35.9 Å². The number of nitrogens with two attached hydrogens (primary N) is 1. The topological polar surface area (TPSA) is 89.6 Å². The van der Waals surface area contributed by atoms with E-state index in [0.717, 1.165) is 5.56 Å². The highest BCUT2D eigenvalue weighted by molar-refractivity contribution is 5.81. The molecule has 5 nitrogen and oxygen atoms in total. The van der Waals surface area contributed by atoms with Gasteiger partial charge >= 0.3 is 11.9 Å². The maximum absolute atomic E-state index is 11.6. The Morgan fingerprint density at radius 2 is 1.89 bits per heavy atom. The fourth-order valence-electron chi connectivity index (χ4n) is 1.49. The average molecular weight is 251 g/mol. The Kier molecular flexibility index (Phi) is 4.44. The summed E-state index contributed by atoms with van der Waals surface area (Å²) < 4.78 is 5.26. The predicted molar refractivity (Wildman–Crippen MR) is 65.8 cm³/mol. The van der Waals surface area contributed by atoms with E-state index >= 15 is 0 Å². The molecule has 3 N–H and O–H groups in total. The first-order valence-electron chi connectivity index (χ1n) is 5.58. The van der Waals surface area contributed by atoms with Gasteiger partial charge in [-0.3, -0.25) is 9.59 Å². The van der Waals surface area contributed by atoms with Crippen LogP contribution in [0.3, 0.4) is 0 Å². The van der Waals surface area contributed by atoms with E-state index in [4.69, 9.17) is 15.6 Å². The molecule has 1 aromatic carbocycles. The van der Waals surface area contributed by atoms with Crippen molar-refractivity contribution in [2.75, 3.05) is 0 Å². The van der Waals surface area contributed by atoms with Crippen LogP contribution in [0.15, 0.2) is 30.3 Å². The minimum atomic E-state index is -1.23. The van der Waals surface area contributed by atoms with Crippen molar-refractivity contribution in [1.29, 1.82) is 0 Å². The van der Waals surface area contributed by atoms with Gasteiger partial charge in [0.2, 0.25) is 0 Å². The normalized spacial score (nSPS) is 12.8. The van der Waals surface area contributed by atoms with E-state index in [-0.39, 0.29) is 6.42 Å². The standard InChI is InChI=1S/C13H17NO4/c1-13(2,9-6-4-3-5-7-9)18-11(15)8-10(14)12(16)17/h3-7,10H,8,14H2,1-2H3,(H,16,17)/t10-/m0/s1. The number of carboxylic acid groups (broad SMARTS) is 1. The molecule has 18 heavy (non-hydrogen) atoms. The Morgan fingerprint density at radius 3 is 2.39 bits per heavy atom. The van der Waals surface area contributed by atoms with E-state index in [2.05, 4.69) is 0 Å². The molecule has 1 aromatic rings. The summed E-state index contributed by atoms with van der Waals surface area (Å²) in [5, 5.41) is 8.61. The molecule has 0 aliphatic rings. The Hall–Kier alpha value is -1.88. The maximum Gasteiger partial charge on any atom is 0.321 e. The first kappa shape index (κ1) is 14.2. The quantitative estimate of drug-likeness (QED) is 0.769. The summed E-state index contributed by atoms with van der Waals surface area (Å²) in [5.74, 6) is -1.84. The number of hydrogen-bond donors (Lipinski definition) is 2. The van der Waals surface area contributed by atoms with E-state index in [1.807, 2.05) is 30.3 Å². The van der Waals surface area contributed by atoms with Crippen LogP contribution in [0.1, 0.15) is 25.8 Å². The summed E-state index contributed by atoms with van der Waals surface area (Å²) >= 11 is 0. The lowest BCUT2D eigenvalue weighted by molar-refractivity contribution is -0.160. The summed E-state index contributed by atoms with van der Waals surface area (Å²) in [6.45, 7) is 3.49. The fraction of sp³-hybridized carbons (Fsp3) is 0.385. The Balaban J connectivity index is 2.66. The largest absolute Gasteiger partial charge is 0.480 e. The van der Waals surface area contributed by atoms with Crippen LogP contribution in [-0.4, -0.2) is 23.1 Å². The second-order valence-corrected chi connectivity index (χ2v) is 4.50. The molecule has 1 rings (SSSR count). The molecule has 0 saturated carbocycles. The van der Waals surface area contributed by atoms with Gasteiger partial charge in [-0.1, -0.05) is 30.3 Å². The van der Waals surface area contributed by atoms with Crippen LogP contribution >= 0.6 is 0 Å². The molecule has 0 bridgehead atoms. The number of rotatable bonds is 5. The molecule has 0 unspecified atom stereocenters. The summed E-state index contributed by atoms with van der Waals surface area (Å²) in [4.78, 5) is 22.1. The van der Waals surface area contributed by atoms with E-state index in [0.29, 0.717) is 0 Å². The second-order valence-electron chi connectivity index (χ2n) is 4.50. The third kappa shape index (κ3) is 3.85. The van der Waals surface area contributed by atoms with Crippen molar-refractivity contribution >= 4 is 11.9 Å². The number of aliphatic carboxylic acids is 1. The summed E-state index contributed by atoms with van der Waals surface area (Å²) in [6.07, 6.45) is -0.342. The van der Waals surface area contributed by atoms with E-state index in [1.165, 1.54) is 0 Å². The Labute approximate surface area is 106 Å². The second kappa shape index (κ2) is 5.64. The molecular formula is C13H17NO4. The first-order valence-corrected chi connectivity index (χ1v) is 5.58. The number of esters is 1. The summed E-state index contributed by atoms with van der Waals surface area (Å²) in [6, 6.07) is 7.99. The third-order valence-corrected chi connectivity index (χ3v) is 2.54. The summed E-state index contributed by atoms with van der Waals surface area (Å²) in [7, 11) is 0. The number of hydrogen-bond acceptors (Lipinski definition) is 4. The first-order chi connectivity index (χ1) is 8.33. The number of benzene rings is 1. The maximum atomic E-state index is 11.6. The van der Waals surface area contributed by atoms with Gasteiger partial charge in [-0.25, -0.2) is 0 Å². The SMILES string of the molecule is CC(C)(OC(=O)C[C@H](N)C(=O)O)c1ccccc1. The average Bonchev–Trinajstić information content (AvgIpc) is 2.29. The molecule has 0 spiro atoms. The van der Waals surface area contributed by atoms with Crippen LogP contribution in [0, 0.1) is 0 Å². The van der Waals surface area contributed by atoms with Crippen molar-refractivity contribution in [3.63, 3.8) is 0 Å². The zero-order chi connectivity index (χ0) is 13.8. The fourth-order valence-corrected chi connectivity index (χ4v) is 1.49. The Morgan fingerprint density at radius 1 is 1.33 bits per heavy atom. The van der Waals surface area contributed by atoms with Crippen LogP contribution in [0.2, 0.25) is 0 Å². The van der Waals surface area contributed by atoms with Crippen molar-refractivity contribution in [2.45, 2.75) is 31.9 Å². The van der Waals surface area contributed by atoms with Crippen molar-refractivity contribution < 1.29 is 19.4 Å². The van der Waals surface area contributed by atoms with Gasteiger partial charge in [-0.15, -0.1) is 0 Å². The smallest absolute Gasteiger partial charge is 0.321 e. The van der Waals surface area contributed by atoms with Crippen LogP contribution in [-0.2, 0) is 19.9 Å². The molecule has 0 fully saturated rings. The zero-order valence-corrected chi connectivity index (χ0v) is 10.4. The van der Waals surface area contributed by atoms with E-state index in [1.54, 1.807) is 13.8 Å². The lowest BCUT2D eigenvalue weighted by Gasteiger charge is -2.26. The van der Waals surface area contributed by atoms with E-state index in [9.17, 15) is 9.59 Å². The number of carboxylic acids is 1. The minimum Gasteiger partial charge on any atom is -0.480 e. The molecule has 0 aliphatic carbocycles. The van der Waals surface area contributed by atoms with Crippen molar-refractivity contribution in [1.82, 2.24) is 0 Å². The highest BCUT2D eigenvalue weighted by atomic mass is 16.6. The van der Waals surface area contributed by atoms with Gasteiger partial charge in [0.25, 0.3) is 0 Å². The summed E-state index contributed by atoms with van der Waals surface area (Å²) in [5.41, 5.74) is 5.30. The lowest BCUT2D eigenvalue weighted by Crippen LogP contribution is -2.35. The van der Waals surface area contributed by atoms with Crippen LogP contribution in [0.5, 0.6) is 0 Å². The number of carbonyl (C=O) groups is 2. The van der Waals surface area contributed by atoms with Gasteiger partial charge in [0.15, 0.2) is 0 Å². The van der Waals surface area contributed by atoms with Gasteiger partial charge in [0.05, 0.1) is 6.42 Å². The molecule has 0 amide bonds. The van der Waals surface area contributed by atoms with E-state index < -0.39 is 23.6 Å². The number of carbonyl (C=O) groups excluding carboxylic acids is 1. The molecule has 98 valence electrons.